The highest BCUT2D eigenvalue weighted by Crippen LogP contribution is 2.28. The molecule has 0 atom stereocenters. The van der Waals surface area contributed by atoms with E-state index >= 15 is 0 Å². The van der Waals surface area contributed by atoms with Gasteiger partial charge in [0.1, 0.15) is 5.56 Å². The second-order valence-corrected chi connectivity index (χ2v) is 6.40. The van der Waals surface area contributed by atoms with Crippen LogP contribution in [-0.4, -0.2) is 22.0 Å². The number of thiophene rings is 1. The van der Waals surface area contributed by atoms with Crippen LogP contribution in [0.2, 0.25) is 0 Å². The van der Waals surface area contributed by atoms with E-state index in [9.17, 15) is 9.59 Å². The highest BCUT2D eigenvalue weighted by molar-refractivity contribution is 9.11. The van der Waals surface area contributed by atoms with Gasteiger partial charge in [-0.2, -0.15) is 0 Å². The summed E-state index contributed by atoms with van der Waals surface area (Å²) in [7, 11) is 0. The van der Waals surface area contributed by atoms with Gasteiger partial charge in [-0.05, 0) is 41.4 Å². The zero-order valence-corrected chi connectivity index (χ0v) is 12.6. The van der Waals surface area contributed by atoms with Crippen molar-refractivity contribution in [3.8, 4) is 0 Å². The Morgan fingerprint density at radius 1 is 1.42 bits per heavy atom. The second kappa shape index (κ2) is 5.18. The van der Waals surface area contributed by atoms with Crippen LogP contribution >= 0.6 is 27.3 Å². The zero-order chi connectivity index (χ0) is 14.2. The van der Waals surface area contributed by atoms with Crippen LogP contribution < -0.4 is 5.32 Å². The molecule has 1 amide bonds. The molecule has 0 aliphatic rings. The molecule has 7 heteroatoms. The van der Waals surface area contributed by atoms with Gasteiger partial charge in [-0.15, -0.1) is 11.3 Å². The average Bonchev–Trinajstić information content (AvgIpc) is 2.84. The number of aromatic carboxylic acids is 1. The minimum absolute atomic E-state index is 0.0840. The molecule has 0 aliphatic carbocycles. The van der Waals surface area contributed by atoms with Crippen LogP contribution in [0.4, 0.5) is 5.69 Å². The molecule has 3 N–H and O–H groups in total. The van der Waals surface area contributed by atoms with E-state index in [0.717, 1.165) is 9.35 Å². The van der Waals surface area contributed by atoms with Gasteiger partial charge in [0.15, 0.2) is 0 Å². The van der Waals surface area contributed by atoms with Crippen molar-refractivity contribution < 1.29 is 14.7 Å². The predicted molar refractivity (Wildman–Crippen MR) is 77.2 cm³/mol. The number of hydrogen-bond donors (Lipinski definition) is 3. The van der Waals surface area contributed by atoms with Crippen molar-refractivity contribution in [2.45, 2.75) is 13.8 Å². The summed E-state index contributed by atoms with van der Waals surface area (Å²) < 4.78 is 0.890. The quantitative estimate of drug-likeness (QED) is 0.799. The largest absolute Gasteiger partial charge is 0.478 e. The Hall–Kier alpha value is -1.60. The molecular weight excluding hydrogens is 332 g/mol. The lowest BCUT2D eigenvalue weighted by molar-refractivity contribution is 0.0697. The minimum atomic E-state index is -1.07. The number of amides is 1. The van der Waals surface area contributed by atoms with Gasteiger partial charge >= 0.3 is 5.97 Å². The molecule has 0 bridgehead atoms. The maximum atomic E-state index is 12.0. The van der Waals surface area contributed by atoms with Gasteiger partial charge in [0, 0.05) is 11.9 Å². The smallest absolute Gasteiger partial charge is 0.339 e. The van der Waals surface area contributed by atoms with E-state index < -0.39 is 5.97 Å². The number of carboxylic acid groups (broad SMARTS) is 1. The third-order valence-electron chi connectivity index (χ3n) is 2.62. The molecule has 2 aromatic rings. The number of rotatable bonds is 3. The molecule has 0 aliphatic heterocycles. The van der Waals surface area contributed by atoms with Crippen molar-refractivity contribution in [2.75, 3.05) is 5.32 Å². The van der Waals surface area contributed by atoms with Crippen LogP contribution in [0.3, 0.4) is 0 Å². The third kappa shape index (κ3) is 2.71. The van der Waals surface area contributed by atoms with Crippen molar-refractivity contribution in [2.24, 2.45) is 0 Å². The Kier molecular flexibility index (Phi) is 3.77. The molecule has 19 heavy (non-hydrogen) atoms. The summed E-state index contributed by atoms with van der Waals surface area (Å²) in [6.07, 6.45) is 1.48. The first-order chi connectivity index (χ1) is 8.90. The first-order valence-electron chi connectivity index (χ1n) is 5.38. The van der Waals surface area contributed by atoms with E-state index in [-0.39, 0.29) is 17.2 Å². The maximum absolute atomic E-state index is 12.0. The van der Waals surface area contributed by atoms with Crippen molar-refractivity contribution in [3.05, 3.63) is 37.7 Å². The fourth-order valence-electron chi connectivity index (χ4n) is 1.66. The van der Waals surface area contributed by atoms with Crippen molar-refractivity contribution >= 4 is 44.8 Å². The van der Waals surface area contributed by atoms with Crippen LogP contribution in [-0.2, 0) is 0 Å². The highest BCUT2D eigenvalue weighted by Gasteiger charge is 2.19. The summed E-state index contributed by atoms with van der Waals surface area (Å²) >= 11 is 4.66. The minimum Gasteiger partial charge on any atom is -0.478 e. The predicted octanol–water partition coefficient (Wildman–Crippen LogP) is 3.41. The number of carbonyl (C=O) groups excluding carboxylic acids is 1. The Balaban J connectivity index is 2.27. The molecular formula is C12H11BrN2O3S. The summed E-state index contributed by atoms with van der Waals surface area (Å²) in [5, 5.41) is 11.7. The second-order valence-electron chi connectivity index (χ2n) is 4.03. The standard InChI is InChI=1S/C12H11BrN2O3S/c1-5-3-8(19-10(5)13)11(16)15-7-4-14-6(2)9(7)12(17)18/h3-4,14H,1-2H3,(H,15,16)(H,17,18). The first kappa shape index (κ1) is 13.8. The number of H-pyrrole nitrogens is 1. The van der Waals surface area contributed by atoms with Crippen molar-refractivity contribution in [1.82, 2.24) is 4.98 Å². The van der Waals surface area contributed by atoms with E-state index in [0.29, 0.717) is 10.6 Å². The van der Waals surface area contributed by atoms with Gasteiger partial charge in [0.05, 0.1) is 14.4 Å². The Morgan fingerprint density at radius 3 is 2.63 bits per heavy atom. The third-order valence-corrected chi connectivity index (χ3v) is 4.76. The molecule has 0 saturated heterocycles. The topological polar surface area (TPSA) is 82.2 Å². The number of aromatic amines is 1. The van der Waals surface area contributed by atoms with Gasteiger partial charge < -0.3 is 15.4 Å². The monoisotopic (exact) mass is 342 g/mol. The molecule has 0 radical (unpaired) electrons. The number of halogens is 1. The molecule has 0 spiro atoms. The molecule has 100 valence electrons. The SMILES string of the molecule is Cc1cc(C(=O)Nc2c[nH]c(C)c2C(=O)O)sc1Br. The first-order valence-corrected chi connectivity index (χ1v) is 6.99. The number of hydrogen-bond acceptors (Lipinski definition) is 3. The maximum Gasteiger partial charge on any atom is 0.339 e. The lowest BCUT2D eigenvalue weighted by atomic mass is 10.2. The van der Waals surface area contributed by atoms with E-state index in [2.05, 4.69) is 26.2 Å². The van der Waals surface area contributed by atoms with Crippen LogP contribution in [0.1, 0.15) is 31.3 Å². The van der Waals surface area contributed by atoms with Gasteiger partial charge in [-0.1, -0.05) is 0 Å². The van der Waals surface area contributed by atoms with Crippen LogP contribution in [0.5, 0.6) is 0 Å². The summed E-state index contributed by atoms with van der Waals surface area (Å²) in [6, 6.07) is 1.75. The van der Waals surface area contributed by atoms with Crippen molar-refractivity contribution in [1.29, 1.82) is 0 Å². The fraction of sp³-hybridized carbons (Fsp3) is 0.167. The molecule has 2 aromatic heterocycles. The van der Waals surface area contributed by atoms with Crippen LogP contribution in [0.25, 0.3) is 0 Å². The molecule has 0 unspecified atom stereocenters. The number of aromatic nitrogens is 1. The molecule has 0 fully saturated rings. The van der Waals surface area contributed by atoms with Crippen LogP contribution in [0, 0.1) is 13.8 Å². The summed E-state index contributed by atoms with van der Waals surface area (Å²) in [6.45, 7) is 3.53. The number of carboxylic acids is 1. The van der Waals surface area contributed by atoms with Gasteiger partial charge in [-0.3, -0.25) is 4.79 Å². The van der Waals surface area contributed by atoms with Crippen LogP contribution in [0.15, 0.2) is 16.0 Å². The van der Waals surface area contributed by atoms with E-state index in [1.54, 1.807) is 13.0 Å². The molecule has 5 nitrogen and oxygen atoms in total. The van der Waals surface area contributed by atoms with Gasteiger partial charge in [-0.25, -0.2) is 4.79 Å². The molecule has 0 saturated carbocycles. The number of aryl methyl sites for hydroxylation is 2. The summed E-state index contributed by atoms with van der Waals surface area (Å²) in [4.78, 5) is 26.5. The summed E-state index contributed by atoms with van der Waals surface area (Å²) in [5.74, 6) is -1.39. The lowest BCUT2D eigenvalue weighted by Gasteiger charge is -2.02. The van der Waals surface area contributed by atoms with E-state index in [1.165, 1.54) is 17.5 Å². The Morgan fingerprint density at radius 2 is 2.11 bits per heavy atom. The Labute approximate surface area is 121 Å². The zero-order valence-electron chi connectivity index (χ0n) is 10.2. The Bertz CT molecular complexity index is 640. The number of nitrogens with one attached hydrogen (secondary N) is 2. The van der Waals surface area contributed by atoms with E-state index in [4.69, 9.17) is 5.11 Å². The van der Waals surface area contributed by atoms with Gasteiger partial charge in [0.25, 0.3) is 5.91 Å². The number of anilines is 1. The lowest BCUT2D eigenvalue weighted by Crippen LogP contribution is -2.12. The average molecular weight is 343 g/mol. The number of carbonyl (C=O) groups is 2. The molecule has 2 heterocycles. The fourth-order valence-corrected chi connectivity index (χ4v) is 3.09. The van der Waals surface area contributed by atoms with Gasteiger partial charge in [0.2, 0.25) is 0 Å². The van der Waals surface area contributed by atoms with Crippen molar-refractivity contribution in [3.63, 3.8) is 0 Å². The summed E-state index contributed by atoms with van der Waals surface area (Å²) in [5.41, 5.74) is 1.84. The normalized spacial score (nSPS) is 10.5. The molecule has 2 rings (SSSR count). The molecule has 0 aromatic carbocycles. The highest BCUT2D eigenvalue weighted by atomic mass is 79.9. The van der Waals surface area contributed by atoms with E-state index in [1.807, 2.05) is 6.92 Å².